The van der Waals surface area contributed by atoms with Crippen molar-refractivity contribution in [3.05, 3.63) is 17.5 Å². The lowest BCUT2D eigenvalue weighted by Gasteiger charge is -2.31. The van der Waals surface area contributed by atoms with E-state index < -0.39 is 9.84 Å². The zero-order valence-corrected chi connectivity index (χ0v) is 12.5. The van der Waals surface area contributed by atoms with Crippen LogP contribution in [0, 0.1) is 6.92 Å². The summed E-state index contributed by atoms with van der Waals surface area (Å²) in [6, 6.07) is 0.0742. The van der Waals surface area contributed by atoms with E-state index in [2.05, 4.69) is 10.00 Å². The molecule has 0 spiro atoms. The van der Waals surface area contributed by atoms with Gasteiger partial charge >= 0.3 is 0 Å². The molecule has 2 rings (SSSR count). The van der Waals surface area contributed by atoms with Gasteiger partial charge in [-0.2, -0.15) is 5.10 Å². The molecule has 0 bridgehead atoms. The van der Waals surface area contributed by atoms with Gasteiger partial charge < -0.3 is 5.73 Å². The average molecular weight is 286 g/mol. The Balaban J connectivity index is 2.21. The highest BCUT2D eigenvalue weighted by Gasteiger charge is 2.34. The van der Waals surface area contributed by atoms with Crippen LogP contribution in [0.2, 0.25) is 0 Å². The smallest absolute Gasteiger partial charge is 0.151 e. The Kier molecular flexibility index (Phi) is 3.98. The van der Waals surface area contributed by atoms with Gasteiger partial charge in [0, 0.05) is 30.9 Å². The average Bonchev–Trinajstić information content (AvgIpc) is 2.86. The zero-order valence-electron chi connectivity index (χ0n) is 11.7. The Bertz CT molecular complexity index is 552. The van der Waals surface area contributed by atoms with Gasteiger partial charge in [-0.3, -0.25) is 9.58 Å². The minimum atomic E-state index is -2.87. The van der Waals surface area contributed by atoms with E-state index >= 15 is 0 Å². The summed E-state index contributed by atoms with van der Waals surface area (Å²) in [4.78, 5) is 2.09. The molecule has 0 radical (unpaired) electrons. The summed E-state index contributed by atoms with van der Waals surface area (Å²) in [5.41, 5.74) is 8.04. The van der Waals surface area contributed by atoms with Crippen LogP contribution in [0.3, 0.4) is 0 Å². The number of likely N-dealkylation sites (N-methyl/N-ethyl adjacent to an activating group) is 1. The molecule has 2 atom stereocenters. The third kappa shape index (κ3) is 2.82. The Morgan fingerprint density at radius 2 is 2.32 bits per heavy atom. The minimum absolute atomic E-state index is 0.0204. The lowest BCUT2D eigenvalue weighted by molar-refractivity contribution is 0.192. The predicted molar refractivity (Wildman–Crippen MR) is 74.6 cm³/mol. The van der Waals surface area contributed by atoms with E-state index in [1.54, 1.807) is 0 Å². The van der Waals surface area contributed by atoms with Crippen molar-refractivity contribution in [2.75, 3.05) is 25.1 Å². The maximum Gasteiger partial charge on any atom is 0.151 e. The molecule has 7 heteroatoms. The number of sulfone groups is 1. The molecule has 0 aliphatic carbocycles. The number of aromatic nitrogens is 2. The standard InChI is InChI=1S/C12H22N4O2S/c1-9-11(7-14-16(9)3)12(6-13)15(2)10-4-5-19(17,18)8-10/h7,10,12H,4-6,8,13H2,1-3H3. The van der Waals surface area contributed by atoms with Crippen molar-refractivity contribution >= 4 is 9.84 Å². The van der Waals surface area contributed by atoms with Gasteiger partial charge in [0.2, 0.25) is 0 Å². The molecular weight excluding hydrogens is 264 g/mol. The molecule has 2 N–H and O–H groups in total. The van der Waals surface area contributed by atoms with Crippen molar-refractivity contribution < 1.29 is 8.42 Å². The molecule has 1 fully saturated rings. The number of rotatable bonds is 4. The summed E-state index contributed by atoms with van der Waals surface area (Å²) in [6.45, 7) is 2.46. The van der Waals surface area contributed by atoms with Crippen LogP contribution in [0.5, 0.6) is 0 Å². The molecule has 6 nitrogen and oxygen atoms in total. The summed E-state index contributed by atoms with van der Waals surface area (Å²) in [7, 11) is 0.976. The second-order valence-corrected chi connectivity index (χ2v) is 7.51. The number of nitrogens with zero attached hydrogens (tertiary/aromatic N) is 3. The van der Waals surface area contributed by atoms with E-state index in [-0.39, 0.29) is 23.6 Å². The summed E-state index contributed by atoms with van der Waals surface area (Å²) in [6.07, 6.45) is 2.52. The summed E-state index contributed by atoms with van der Waals surface area (Å²) < 4.78 is 25.0. The number of nitrogens with two attached hydrogens (primary N) is 1. The topological polar surface area (TPSA) is 81.2 Å². The Morgan fingerprint density at radius 1 is 1.63 bits per heavy atom. The molecule has 0 aromatic carbocycles. The van der Waals surface area contributed by atoms with Crippen LogP contribution in [-0.4, -0.2) is 54.2 Å². The summed E-state index contributed by atoms with van der Waals surface area (Å²) in [5, 5.41) is 4.24. The highest BCUT2D eigenvalue weighted by atomic mass is 32.2. The molecule has 2 unspecified atom stereocenters. The SMILES string of the molecule is Cc1c(C(CN)N(C)C2CCS(=O)(=O)C2)cnn1C. The van der Waals surface area contributed by atoms with E-state index in [0.717, 1.165) is 11.3 Å². The first-order chi connectivity index (χ1) is 8.85. The van der Waals surface area contributed by atoms with E-state index in [0.29, 0.717) is 13.0 Å². The van der Waals surface area contributed by atoms with Crippen LogP contribution in [0.25, 0.3) is 0 Å². The van der Waals surface area contributed by atoms with Crippen LogP contribution in [0.1, 0.15) is 23.7 Å². The fraction of sp³-hybridized carbons (Fsp3) is 0.750. The first-order valence-electron chi connectivity index (χ1n) is 6.46. The monoisotopic (exact) mass is 286 g/mol. The van der Waals surface area contributed by atoms with Gasteiger partial charge in [-0.25, -0.2) is 8.42 Å². The van der Waals surface area contributed by atoms with Gasteiger partial charge in [0.05, 0.1) is 23.7 Å². The lowest BCUT2D eigenvalue weighted by Crippen LogP contribution is -2.39. The second-order valence-electron chi connectivity index (χ2n) is 5.28. The molecule has 0 amide bonds. The Hall–Kier alpha value is -0.920. The van der Waals surface area contributed by atoms with Crippen LogP contribution in [0.4, 0.5) is 0 Å². The van der Waals surface area contributed by atoms with Crippen LogP contribution in [-0.2, 0) is 16.9 Å². The minimum Gasteiger partial charge on any atom is -0.329 e. The normalized spacial score (nSPS) is 23.9. The maximum atomic E-state index is 11.6. The highest BCUT2D eigenvalue weighted by molar-refractivity contribution is 7.91. The van der Waals surface area contributed by atoms with Crippen LogP contribution < -0.4 is 5.73 Å². The fourth-order valence-corrected chi connectivity index (χ4v) is 4.49. The maximum absolute atomic E-state index is 11.6. The quantitative estimate of drug-likeness (QED) is 0.832. The first-order valence-corrected chi connectivity index (χ1v) is 8.29. The molecule has 19 heavy (non-hydrogen) atoms. The van der Waals surface area contributed by atoms with Crippen LogP contribution >= 0.6 is 0 Å². The van der Waals surface area contributed by atoms with Gasteiger partial charge in [-0.15, -0.1) is 0 Å². The molecule has 1 saturated heterocycles. The van der Waals surface area contributed by atoms with Crippen molar-refractivity contribution in [2.45, 2.75) is 25.4 Å². The fourth-order valence-electron chi connectivity index (χ4n) is 2.71. The number of hydrogen-bond donors (Lipinski definition) is 1. The largest absolute Gasteiger partial charge is 0.329 e. The number of hydrogen-bond acceptors (Lipinski definition) is 5. The molecule has 1 aliphatic rings. The lowest BCUT2D eigenvalue weighted by atomic mass is 10.0. The van der Waals surface area contributed by atoms with E-state index in [1.807, 2.05) is 31.9 Å². The molecule has 1 aromatic heterocycles. The van der Waals surface area contributed by atoms with Crippen molar-refractivity contribution in [3.8, 4) is 0 Å². The molecule has 1 aliphatic heterocycles. The summed E-state index contributed by atoms with van der Waals surface area (Å²) >= 11 is 0. The zero-order chi connectivity index (χ0) is 14.2. The third-order valence-corrected chi connectivity index (χ3v) is 5.88. The Labute approximate surface area is 114 Å². The molecule has 2 heterocycles. The van der Waals surface area contributed by atoms with E-state index in [9.17, 15) is 8.42 Å². The third-order valence-electron chi connectivity index (χ3n) is 4.13. The first kappa shape index (κ1) is 14.5. The van der Waals surface area contributed by atoms with Crippen molar-refractivity contribution in [2.24, 2.45) is 12.8 Å². The molecule has 1 aromatic rings. The molecule has 108 valence electrons. The van der Waals surface area contributed by atoms with Gasteiger partial charge in [0.15, 0.2) is 9.84 Å². The van der Waals surface area contributed by atoms with Gasteiger partial charge in [-0.05, 0) is 20.4 Å². The van der Waals surface area contributed by atoms with Gasteiger partial charge in [0.1, 0.15) is 0 Å². The number of aryl methyl sites for hydroxylation is 1. The van der Waals surface area contributed by atoms with Crippen molar-refractivity contribution in [1.29, 1.82) is 0 Å². The highest BCUT2D eigenvalue weighted by Crippen LogP contribution is 2.27. The van der Waals surface area contributed by atoms with Gasteiger partial charge in [-0.1, -0.05) is 0 Å². The van der Waals surface area contributed by atoms with E-state index in [1.165, 1.54) is 0 Å². The van der Waals surface area contributed by atoms with E-state index in [4.69, 9.17) is 5.73 Å². The van der Waals surface area contributed by atoms with Gasteiger partial charge in [0.25, 0.3) is 0 Å². The van der Waals surface area contributed by atoms with Crippen LogP contribution in [0.15, 0.2) is 6.20 Å². The van der Waals surface area contributed by atoms with Crippen molar-refractivity contribution in [1.82, 2.24) is 14.7 Å². The summed E-state index contributed by atoms with van der Waals surface area (Å²) in [5.74, 6) is 0.518. The second kappa shape index (κ2) is 5.22. The predicted octanol–water partition coefficient (Wildman–Crippen LogP) is -0.153. The molecule has 0 saturated carbocycles. The molecular formula is C12H22N4O2S. The Morgan fingerprint density at radius 3 is 2.74 bits per heavy atom. The van der Waals surface area contributed by atoms with Crippen molar-refractivity contribution in [3.63, 3.8) is 0 Å².